The Morgan fingerprint density at radius 3 is 2.22 bits per heavy atom. The Labute approximate surface area is 111 Å². The Morgan fingerprint density at radius 1 is 0.833 bits per heavy atom. The molecule has 1 saturated heterocycles. The molecule has 1 spiro atoms. The van der Waals surface area contributed by atoms with Crippen LogP contribution < -0.4 is 0 Å². The average Bonchev–Trinajstić information content (AvgIpc) is 2.81. The Bertz CT molecular complexity index is 362. The van der Waals surface area contributed by atoms with Crippen LogP contribution >= 0.6 is 0 Å². The van der Waals surface area contributed by atoms with Gasteiger partial charge in [0.2, 0.25) is 0 Å². The minimum absolute atomic E-state index is 0.223. The molecule has 1 aromatic carbocycles. The van der Waals surface area contributed by atoms with E-state index in [1.165, 1.54) is 63.4 Å². The first-order chi connectivity index (χ1) is 8.88. The molecule has 1 heteroatoms. The summed E-state index contributed by atoms with van der Waals surface area (Å²) in [5.41, 5.74) is 1.59. The number of benzene rings is 1. The lowest BCUT2D eigenvalue weighted by Crippen LogP contribution is -2.28. The Kier molecular flexibility index (Phi) is 3.69. The van der Waals surface area contributed by atoms with Crippen molar-refractivity contribution in [1.82, 2.24) is 0 Å². The van der Waals surface area contributed by atoms with Crippen molar-refractivity contribution in [2.45, 2.75) is 69.5 Å². The summed E-state index contributed by atoms with van der Waals surface area (Å²) in [6.07, 6.45) is 12.4. The Balaban J connectivity index is 1.69. The van der Waals surface area contributed by atoms with Gasteiger partial charge in [-0.05, 0) is 31.2 Å². The van der Waals surface area contributed by atoms with Gasteiger partial charge in [-0.25, -0.2) is 0 Å². The molecule has 0 N–H and O–H groups in total. The number of ether oxygens (including phenoxy) is 1. The van der Waals surface area contributed by atoms with Crippen molar-refractivity contribution in [2.24, 2.45) is 0 Å². The van der Waals surface area contributed by atoms with Gasteiger partial charge in [-0.15, -0.1) is 0 Å². The van der Waals surface area contributed by atoms with E-state index in [0.29, 0.717) is 6.10 Å². The molecule has 0 amide bonds. The molecule has 1 atom stereocenters. The molecule has 1 nitrogen and oxygen atoms in total. The van der Waals surface area contributed by atoms with Gasteiger partial charge in [-0.2, -0.15) is 0 Å². The van der Waals surface area contributed by atoms with Crippen molar-refractivity contribution < 1.29 is 4.74 Å². The maximum Gasteiger partial charge on any atom is 0.0833 e. The topological polar surface area (TPSA) is 9.23 Å². The molecule has 18 heavy (non-hydrogen) atoms. The van der Waals surface area contributed by atoms with E-state index in [4.69, 9.17) is 4.74 Å². The van der Waals surface area contributed by atoms with E-state index in [1.54, 1.807) is 0 Å². The fourth-order valence-electron chi connectivity index (χ4n) is 3.63. The second-order valence-corrected chi connectivity index (χ2v) is 6.01. The van der Waals surface area contributed by atoms with Crippen LogP contribution in [0.25, 0.3) is 0 Å². The van der Waals surface area contributed by atoms with Crippen molar-refractivity contribution in [1.29, 1.82) is 0 Å². The average molecular weight is 244 g/mol. The predicted molar refractivity (Wildman–Crippen MR) is 74.6 cm³/mol. The Morgan fingerprint density at radius 2 is 1.50 bits per heavy atom. The number of hydrogen-bond acceptors (Lipinski definition) is 1. The molecular weight excluding hydrogens is 220 g/mol. The van der Waals surface area contributed by atoms with Gasteiger partial charge in [0.05, 0.1) is 11.7 Å². The zero-order chi connectivity index (χ0) is 12.3. The van der Waals surface area contributed by atoms with Gasteiger partial charge in [0.15, 0.2) is 0 Å². The van der Waals surface area contributed by atoms with Gasteiger partial charge in [-0.3, -0.25) is 0 Å². The molecule has 1 aliphatic heterocycles. The summed E-state index contributed by atoms with van der Waals surface area (Å²) >= 11 is 0. The zero-order valence-electron chi connectivity index (χ0n) is 11.2. The van der Waals surface area contributed by atoms with Crippen LogP contribution in [0.15, 0.2) is 30.3 Å². The smallest absolute Gasteiger partial charge is 0.0833 e. The molecule has 2 fully saturated rings. The van der Waals surface area contributed by atoms with Gasteiger partial charge in [0.25, 0.3) is 0 Å². The van der Waals surface area contributed by atoms with E-state index in [-0.39, 0.29) is 5.60 Å². The normalized spacial score (nSPS) is 27.9. The number of rotatable bonds is 1. The third kappa shape index (κ3) is 2.61. The lowest BCUT2D eigenvalue weighted by molar-refractivity contribution is -0.0583. The van der Waals surface area contributed by atoms with Crippen LogP contribution in [0, 0.1) is 0 Å². The monoisotopic (exact) mass is 244 g/mol. The maximum atomic E-state index is 6.51. The first kappa shape index (κ1) is 12.2. The van der Waals surface area contributed by atoms with Crippen LogP contribution in [0.4, 0.5) is 0 Å². The fraction of sp³-hybridized carbons (Fsp3) is 0.647. The summed E-state index contributed by atoms with van der Waals surface area (Å²) in [7, 11) is 0. The molecule has 0 radical (unpaired) electrons. The standard InChI is InChI=1S/C17H24O/c1-2-7-12-17(13-8-3-1)14-11-16(18-17)15-9-5-4-6-10-15/h4-6,9-10,16H,1-3,7-8,11-14H2. The first-order valence-corrected chi connectivity index (χ1v) is 7.61. The zero-order valence-corrected chi connectivity index (χ0v) is 11.2. The molecule has 1 aromatic rings. The second-order valence-electron chi connectivity index (χ2n) is 6.01. The molecule has 0 bridgehead atoms. The van der Waals surface area contributed by atoms with Gasteiger partial charge in [-0.1, -0.05) is 62.4 Å². The molecule has 0 aromatic heterocycles. The van der Waals surface area contributed by atoms with Crippen LogP contribution in [0.1, 0.15) is 69.5 Å². The van der Waals surface area contributed by atoms with Gasteiger partial charge in [0, 0.05) is 0 Å². The van der Waals surface area contributed by atoms with Crippen molar-refractivity contribution in [3.8, 4) is 0 Å². The van der Waals surface area contributed by atoms with E-state index in [2.05, 4.69) is 30.3 Å². The maximum absolute atomic E-state index is 6.51. The summed E-state index contributed by atoms with van der Waals surface area (Å²) in [4.78, 5) is 0. The van der Waals surface area contributed by atoms with Gasteiger partial charge >= 0.3 is 0 Å². The van der Waals surface area contributed by atoms with E-state index in [1.807, 2.05) is 0 Å². The van der Waals surface area contributed by atoms with E-state index in [9.17, 15) is 0 Å². The van der Waals surface area contributed by atoms with Gasteiger partial charge < -0.3 is 4.74 Å². The van der Waals surface area contributed by atoms with Crippen LogP contribution in [0.5, 0.6) is 0 Å². The molecular formula is C17H24O. The van der Waals surface area contributed by atoms with Crippen molar-refractivity contribution in [3.63, 3.8) is 0 Å². The predicted octanol–water partition coefficient (Wildman–Crippen LogP) is 5.02. The van der Waals surface area contributed by atoms with Crippen molar-refractivity contribution in [2.75, 3.05) is 0 Å². The molecule has 3 rings (SSSR count). The lowest BCUT2D eigenvalue weighted by Gasteiger charge is -2.31. The van der Waals surface area contributed by atoms with Crippen LogP contribution in [0.2, 0.25) is 0 Å². The number of hydrogen-bond donors (Lipinski definition) is 0. The summed E-state index contributed by atoms with van der Waals surface area (Å²) in [6.45, 7) is 0. The van der Waals surface area contributed by atoms with Crippen LogP contribution in [-0.2, 0) is 4.74 Å². The fourth-order valence-corrected chi connectivity index (χ4v) is 3.63. The summed E-state index contributed by atoms with van der Waals surface area (Å²) < 4.78 is 6.51. The SMILES string of the molecule is c1ccc(C2CCC3(CCCCCCC3)O2)cc1. The second kappa shape index (κ2) is 5.44. The highest BCUT2D eigenvalue weighted by molar-refractivity contribution is 5.19. The van der Waals surface area contributed by atoms with Gasteiger partial charge in [0.1, 0.15) is 0 Å². The molecule has 1 aliphatic carbocycles. The quantitative estimate of drug-likeness (QED) is 0.674. The minimum Gasteiger partial charge on any atom is -0.367 e. The third-order valence-electron chi connectivity index (χ3n) is 4.69. The molecule has 98 valence electrons. The van der Waals surface area contributed by atoms with E-state index in [0.717, 1.165) is 0 Å². The lowest BCUT2D eigenvalue weighted by atomic mass is 9.85. The molecule has 1 heterocycles. The summed E-state index contributed by atoms with van der Waals surface area (Å²) in [5.74, 6) is 0. The van der Waals surface area contributed by atoms with Crippen molar-refractivity contribution >= 4 is 0 Å². The summed E-state index contributed by atoms with van der Waals surface area (Å²) in [5, 5.41) is 0. The highest BCUT2D eigenvalue weighted by atomic mass is 16.5. The minimum atomic E-state index is 0.223. The highest BCUT2D eigenvalue weighted by Crippen LogP contribution is 2.45. The van der Waals surface area contributed by atoms with Crippen LogP contribution in [0.3, 0.4) is 0 Å². The van der Waals surface area contributed by atoms with Crippen LogP contribution in [-0.4, -0.2) is 5.60 Å². The molecule has 2 aliphatic rings. The summed E-state index contributed by atoms with van der Waals surface area (Å²) in [6, 6.07) is 10.8. The first-order valence-electron chi connectivity index (χ1n) is 7.61. The van der Waals surface area contributed by atoms with Crippen molar-refractivity contribution in [3.05, 3.63) is 35.9 Å². The highest BCUT2D eigenvalue weighted by Gasteiger charge is 2.39. The molecule has 1 unspecified atom stereocenters. The molecule has 1 saturated carbocycles. The van der Waals surface area contributed by atoms with E-state index < -0.39 is 0 Å². The largest absolute Gasteiger partial charge is 0.367 e. The van der Waals surface area contributed by atoms with E-state index >= 15 is 0 Å². The Hall–Kier alpha value is -0.820. The third-order valence-corrected chi connectivity index (χ3v) is 4.69.